The molecule has 0 spiro atoms. The van der Waals surface area contributed by atoms with Gasteiger partial charge in [-0.05, 0) is 67.4 Å². The molecule has 0 aromatic heterocycles. The molecule has 2 aromatic carbocycles. The van der Waals surface area contributed by atoms with Crippen molar-refractivity contribution in [2.24, 2.45) is 0 Å². The fourth-order valence-corrected chi connectivity index (χ4v) is 3.75. The van der Waals surface area contributed by atoms with Crippen molar-refractivity contribution >= 4 is 23.3 Å². The maximum Gasteiger partial charge on any atom is 0.573 e. The number of nitrogens with one attached hydrogen (secondary N) is 1. The Hall–Kier alpha value is -3.90. The first-order chi connectivity index (χ1) is 16.2. The van der Waals surface area contributed by atoms with Gasteiger partial charge in [0, 0.05) is 11.4 Å². The Kier molecular flexibility index (Phi) is 6.64. The lowest BCUT2D eigenvalue weighted by Crippen LogP contribution is -2.52. The maximum atomic E-state index is 13.3. The van der Waals surface area contributed by atoms with Crippen LogP contribution in [0.15, 0.2) is 59.8 Å². The zero-order chi connectivity index (χ0) is 26.2. The molecule has 0 saturated carbocycles. The number of amides is 1. The minimum atomic E-state index is -4.94. The second-order valence-electron chi connectivity index (χ2n) is 7.46. The van der Waals surface area contributed by atoms with Gasteiger partial charge < -0.3 is 19.9 Å². The van der Waals surface area contributed by atoms with Gasteiger partial charge in [-0.2, -0.15) is 0 Å². The minimum absolute atomic E-state index is 0.00824. The van der Waals surface area contributed by atoms with Crippen molar-refractivity contribution in [1.82, 2.24) is 0 Å². The summed E-state index contributed by atoms with van der Waals surface area (Å²) in [5.41, 5.74) is -1.71. The molecule has 0 bridgehead atoms. The SMILES string of the molecule is CCC1=C(Nc2ccc(OC(F)(F)F)cc2)C(=O)N(c2ccc(OC(F)(F)F)cc2)C1(C)C(=O)O. The third kappa shape index (κ3) is 5.44. The highest BCUT2D eigenvalue weighted by atomic mass is 19.4. The molecular weight excluding hydrogens is 486 g/mol. The lowest BCUT2D eigenvalue weighted by atomic mass is 9.90. The van der Waals surface area contributed by atoms with E-state index in [-0.39, 0.29) is 29.1 Å². The fourth-order valence-electron chi connectivity index (χ4n) is 3.75. The van der Waals surface area contributed by atoms with Gasteiger partial charge in [-0.1, -0.05) is 6.92 Å². The molecule has 188 valence electrons. The number of benzene rings is 2. The number of anilines is 2. The average Bonchev–Trinajstić information content (AvgIpc) is 2.95. The van der Waals surface area contributed by atoms with E-state index in [0.717, 1.165) is 41.3 Å². The standard InChI is InChI=1S/C22H18F6N2O5/c1-3-16-17(29-12-4-8-14(9-5-12)34-21(23,24)25)18(31)30(20(16,2)19(32)33)13-6-10-15(11-7-13)35-22(26,27)28/h4-11,29H,3H2,1-2H3,(H,32,33). The number of ether oxygens (including phenoxy) is 2. The molecule has 1 aliphatic heterocycles. The molecule has 0 fully saturated rings. The first-order valence-corrected chi connectivity index (χ1v) is 9.96. The van der Waals surface area contributed by atoms with E-state index in [0.29, 0.717) is 0 Å². The Bertz CT molecular complexity index is 1140. The lowest BCUT2D eigenvalue weighted by molar-refractivity contribution is -0.275. The first kappa shape index (κ1) is 25.7. The summed E-state index contributed by atoms with van der Waals surface area (Å²) in [4.78, 5) is 26.5. The highest BCUT2D eigenvalue weighted by molar-refractivity contribution is 6.17. The number of rotatable bonds is 7. The molecule has 1 heterocycles. The molecule has 0 saturated heterocycles. The third-order valence-corrected chi connectivity index (χ3v) is 5.21. The number of alkyl halides is 6. The van der Waals surface area contributed by atoms with Crippen molar-refractivity contribution in [3.63, 3.8) is 0 Å². The van der Waals surface area contributed by atoms with Gasteiger partial charge >= 0.3 is 18.7 Å². The number of hydrogen-bond acceptors (Lipinski definition) is 5. The molecule has 0 radical (unpaired) electrons. The number of aliphatic carboxylic acids is 1. The lowest BCUT2D eigenvalue weighted by Gasteiger charge is -2.33. The third-order valence-electron chi connectivity index (χ3n) is 5.21. The van der Waals surface area contributed by atoms with Crippen LogP contribution in [0.1, 0.15) is 20.3 Å². The molecular formula is C22H18F6N2O5. The van der Waals surface area contributed by atoms with Crippen LogP contribution in [-0.4, -0.2) is 35.2 Å². The zero-order valence-electron chi connectivity index (χ0n) is 18.1. The molecule has 13 heteroatoms. The van der Waals surface area contributed by atoms with Gasteiger partial charge in [-0.25, -0.2) is 4.79 Å². The van der Waals surface area contributed by atoms with Crippen LogP contribution in [0.3, 0.4) is 0 Å². The van der Waals surface area contributed by atoms with Crippen LogP contribution in [-0.2, 0) is 9.59 Å². The fraction of sp³-hybridized carbons (Fsp3) is 0.273. The summed E-state index contributed by atoms with van der Waals surface area (Å²) in [7, 11) is 0. The van der Waals surface area contributed by atoms with Crippen molar-refractivity contribution in [1.29, 1.82) is 0 Å². The first-order valence-electron chi connectivity index (χ1n) is 9.96. The molecule has 7 nitrogen and oxygen atoms in total. The van der Waals surface area contributed by atoms with Gasteiger partial charge in [-0.3, -0.25) is 9.69 Å². The van der Waals surface area contributed by atoms with Crippen molar-refractivity contribution in [2.75, 3.05) is 10.2 Å². The summed E-state index contributed by atoms with van der Waals surface area (Å²) < 4.78 is 82.1. The number of nitrogens with zero attached hydrogens (tertiary/aromatic N) is 1. The summed E-state index contributed by atoms with van der Waals surface area (Å²) in [6.07, 6.45) is -9.73. The van der Waals surface area contributed by atoms with Gasteiger partial charge in [-0.15, -0.1) is 26.3 Å². The molecule has 1 aliphatic rings. The van der Waals surface area contributed by atoms with E-state index < -0.39 is 41.6 Å². The van der Waals surface area contributed by atoms with Gasteiger partial charge in [0.2, 0.25) is 0 Å². The Labute approximate surface area is 194 Å². The Balaban J connectivity index is 1.95. The molecule has 3 rings (SSSR count). The predicted molar refractivity (Wildman–Crippen MR) is 111 cm³/mol. The smallest absolute Gasteiger partial charge is 0.479 e. The van der Waals surface area contributed by atoms with Crippen LogP contribution >= 0.6 is 0 Å². The summed E-state index contributed by atoms with van der Waals surface area (Å²) in [5, 5.41) is 12.8. The van der Waals surface area contributed by atoms with Crippen LogP contribution < -0.4 is 19.7 Å². The van der Waals surface area contributed by atoms with E-state index in [1.807, 2.05) is 0 Å². The molecule has 2 aromatic rings. The number of carboxylic acids is 1. The molecule has 2 N–H and O–H groups in total. The van der Waals surface area contributed by atoms with E-state index in [1.165, 1.54) is 19.1 Å². The number of carbonyl (C=O) groups excluding carboxylic acids is 1. The van der Waals surface area contributed by atoms with E-state index in [2.05, 4.69) is 14.8 Å². The molecule has 1 atom stereocenters. The Morgan fingerprint density at radius 2 is 1.40 bits per heavy atom. The number of carboxylic acid groups (broad SMARTS) is 1. The van der Waals surface area contributed by atoms with E-state index >= 15 is 0 Å². The highest BCUT2D eigenvalue weighted by Gasteiger charge is 2.54. The zero-order valence-corrected chi connectivity index (χ0v) is 18.1. The average molecular weight is 504 g/mol. The topological polar surface area (TPSA) is 88.1 Å². The minimum Gasteiger partial charge on any atom is -0.479 e. The van der Waals surface area contributed by atoms with Crippen LogP contribution in [0.5, 0.6) is 11.5 Å². The largest absolute Gasteiger partial charge is 0.573 e. The van der Waals surface area contributed by atoms with Crippen molar-refractivity contribution in [2.45, 2.75) is 38.5 Å². The van der Waals surface area contributed by atoms with Crippen molar-refractivity contribution in [3.05, 3.63) is 59.8 Å². The quantitative estimate of drug-likeness (QED) is 0.488. The van der Waals surface area contributed by atoms with E-state index in [1.54, 1.807) is 6.92 Å². The maximum absolute atomic E-state index is 13.3. The van der Waals surface area contributed by atoms with Gasteiger partial charge in [0.05, 0.1) is 0 Å². The van der Waals surface area contributed by atoms with Crippen LogP contribution in [0.4, 0.5) is 37.7 Å². The molecule has 1 unspecified atom stereocenters. The van der Waals surface area contributed by atoms with Crippen molar-refractivity contribution in [3.8, 4) is 11.5 Å². The number of hydrogen-bond donors (Lipinski definition) is 2. The van der Waals surface area contributed by atoms with E-state index in [9.17, 15) is 41.0 Å². The normalized spacial score (nSPS) is 18.6. The van der Waals surface area contributed by atoms with Gasteiger partial charge in [0.25, 0.3) is 5.91 Å². The Morgan fingerprint density at radius 3 is 1.80 bits per heavy atom. The summed E-state index contributed by atoms with van der Waals surface area (Å²) in [5.74, 6) is -3.26. The highest BCUT2D eigenvalue weighted by Crippen LogP contribution is 2.42. The van der Waals surface area contributed by atoms with E-state index in [4.69, 9.17) is 0 Å². The van der Waals surface area contributed by atoms with Crippen molar-refractivity contribution < 1.29 is 50.5 Å². The summed E-state index contributed by atoms with van der Waals surface area (Å²) >= 11 is 0. The molecule has 0 aliphatic carbocycles. The molecule has 1 amide bonds. The summed E-state index contributed by atoms with van der Waals surface area (Å²) in [6.45, 7) is 2.87. The van der Waals surface area contributed by atoms with Crippen LogP contribution in [0.25, 0.3) is 0 Å². The Morgan fingerprint density at radius 1 is 0.943 bits per heavy atom. The van der Waals surface area contributed by atoms with Crippen LogP contribution in [0, 0.1) is 0 Å². The van der Waals surface area contributed by atoms with Gasteiger partial charge in [0.15, 0.2) is 5.54 Å². The monoisotopic (exact) mass is 504 g/mol. The van der Waals surface area contributed by atoms with Gasteiger partial charge in [0.1, 0.15) is 17.2 Å². The summed E-state index contributed by atoms with van der Waals surface area (Å²) in [6, 6.07) is 8.53. The second kappa shape index (κ2) is 9.04. The molecule has 35 heavy (non-hydrogen) atoms. The number of halogens is 6. The number of carbonyl (C=O) groups is 2. The second-order valence-corrected chi connectivity index (χ2v) is 7.46. The predicted octanol–water partition coefficient (Wildman–Crippen LogP) is 5.45. The van der Waals surface area contributed by atoms with Crippen LogP contribution in [0.2, 0.25) is 0 Å².